The first-order valence-electron chi connectivity index (χ1n) is 9.96. The van der Waals surface area contributed by atoms with Crippen LogP contribution in [-0.2, 0) is 4.79 Å². The Morgan fingerprint density at radius 2 is 1.91 bits per heavy atom. The molecule has 2 amide bonds. The molecule has 2 aromatic carbocycles. The number of carbonyl (C=O) groups is 2. The molecule has 3 aromatic rings. The van der Waals surface area contributed by atoms with Crippen molar-refractivity contribution in [2.24, 2.45) is 0 Å². The van der Waals surface area contributed by atoms with Crippen molar-refractivity contribution in [3.63, 3.8) is 0 Å². The number of hydrogen-bond donors (Lipinski definition) is 1. The van der Waals surface area contributed by atoms with E-state index < -0.39 is 36.5 Å². The molecule has 0 bridgehead atoms. The second-order valence-electron chi connectivity index (χ2n) is 7.53. The molecule has 0 aliphatic carbocycles. The summed E-state index contributed by atoms with van der Waals surface area (Å²) in [7, 11) is 0. The molecule has 1 N–H and O–H groups in total. The first kappa shape index (κ1) is 22.0. The number of pyridine rings is 1. The predicted octanol–water partition coefficient (Wildman–Crippen LogP) is 4.43. The number of fused-ring (bicyclic) bond motifs is 1. The van der Waals surface area contributed by atoms with Crippen LogP contribution in [0, 0.1) is 11.3 Å². The number of nitriles is 1. The van der Waals surface area contributed by atoms with E-state index in [1.165, 1.54) is 36.7 Å². The monoisotopic (exact) mass is 450 g/mol. The number of rotatable bonds is 4. The van der Waals surface area contributed by atoms with Crippen LogP contribution in [0.4, 0.5) is 18.9 Å². The van der Waals surface area contributed by atoms with Crippen molar-refractivity contribution in [1.82, 2.24) is 9.88 Å². The molecule has 0 fully saturated rings. The fourth-order valence-corrected chi connectivity index (χ4v) is 4.05. The lowest BCUT2D eigenvalue weighted by molar-refractivity contribution is -0.148. The normalized spacial score (nSPS) is 17.8. The van der Waals surface area contributed by atoms with Gasteiger partial charge in [0.15, 0.2) is 0 Å². The van der Waals surface area contributed by atoms with Gasteiger partial charge in [0.05, 0.1) is 23.6 Å². The molecule has 6 nitrogen and oxygen atoms in total. The third kappa shape index (κ3) is 4.55. The fourth-order valence-electron chi connectivity index (χ4n) is 4.05. The fraction of sp³-hybridized carbons (Fsp3) is 0.167. The number of hydrogen-bond acceptors (Lipinski definition) is 4. The quantitative estimate of drug-likeness (QED) is 0.637. The third-order valence-corrected chi connectivity index (χ3v) is 5.36. The van der Waals surface area contributed by atoms with E-state index in [1.54, 1.807) is 36.4 Å². The Morgan fingerprint density at radius 1 is 1.12 bits per heavy atom. The lowest BCUT2D eigenvalue weighted by Crippen LogP contribution is -2.49. The van der Waals surface area contributed by atoms with Gasteiger partial charge in [0.2, 0.25) is 5.91 Å². The standard InChI is InChI=1S/C24H17F3N4O2/c25-24(26,27)14-31-21(16-6-4-10-29-13-16)20(18-8-1-2-9-19(18)23(31)33)22(32)30-17-7-3-5-15(11-17)12-28/h1-11,13,20-21H,14H2,(H,30,32)/t20-,21+/m0/s1. The van der Waals surface area contributed by atoms with Crippen LogP contribution in [0.15, 0.2) is 73.1 Å². The molecule has 0 radical (unpaired) electrons. The zero-order valence-corrected chi connectivity index (χ0v) is 17.1. The van der Waals surface area contributed by atoms with E-state index in [-0.39, 0.29) is 5.56 Å². The van der Waals surface area contributed by atoms with Crippen LogP contribution in [-0.4, -0.2) is 34.4 Å². The van der Waals surface area contributed by atoms with E-state index in [0.29, 0.717) is 27.3 Å². The molecule has 166 valence electrons. The van der Waals surface area contributed by atoms with Gasteiger partial charge < -0.3 is 10.2 Å². The average molecular weight is 450 g/mol. The van der Waals surface area contributed by atoms with Gasteiger partial charge in [0.25, 0.3) is 5.91 Å². The molecular formula is C24H17F3N4O2. The lowest BCUT2D eigenvalue weighted by atomic mass is 9.79. The third-order valence-electron chi connectivity index (χ3n) is 5.36. The predicted molar refractivity (Wildman–Crippen MR) is 113 cm³/mol. The average Bonchev–Trinajstić information content (AvgIpc) is 2.80. The van der Waals surface area contributed by atoms with Crippen molar-refractivity contribution in [1.29, 1.82) is 5.26 Å². The van der Waals surface area contributed by atoms with Gasteiger partial charge in [-0.1, -0.05) is 30.3 Å². The highest BCUT2D eigenvalue weighted by atomic mass is 19.4. The highest BCUT2D eigenvalue weighted by Gasteiger charge is 2.47. The molecule has 1 aliphatic heterocycles. The maximum absolute atomic E-state index is 13.5. The molecular weight excluding hydrogens is 433 g/mol. The number of nitrogens with zero attached hydrogens (tertiary/aromatic N) is 3. The van der Waals surface area contributed by atoms with Crippen LogP contribution >= 0.6 is 0 Å². The smallest absolute Gasteiger partial charge is 0.325 e. The molecule has 0 unspecified atom stereocenters. The number of aromatic nitrogens is 1. The highest BCUT2D eigenvalue weighted by Crippen LogP contribution is 2.44. The summed E-state index contributed by atoms with van der Waals surface area (Å²) in [6, 6.07) is 16.1. The first-order chi connectivity index (χ1) is 15.8. The number of amides is 2. The summed E-state index contributed by atoms with van der Waals surface area (Å²) in [6.45, 7) is -1.52. The van der Waals surface area contributed by atoms with Crippen molar-refractivity contribution in [2.45, 2.75) is 18.1 Å². The van der Waals surface area contributed by atoms with E-state index >= 15 is 0 Å². The van der Waals surface area contributed by atoms with Crippen LogP contribution in [0.1, 0.15) is 39.0 Å². The Morgan fingerprint density at radius 3 is 2.61 bits per heavy atom. The van der Waals surface area contributed by atoms with Gasteiger partial charge >= 0.3 is 6.18 Å². The van der Waals surface area contributed by atoms with Gasteiger partial charge in [-0.05, 0) is 41.5 Å². The van der Waals surface area contributed by atoms with Gasteiger partial charge in [0.1, 0.15) is 6.54 Å². The zero-order chi connectivity index (χ0) is 23.6. The Bertz CT molecular complexity index is 1240. The lowest BCUT2D eigenvalue weighted by Gasteiger charge is -2.41. The molecule has 0 saturated carbocycles. The summed E-state index contributed by atoms with van der Waals surface area (Å²) in [4.78, 5) is 31.3. The Hall–Kier alpha value is -4.19. The van der Waals surface area contributed by atoms with Crippen molar-refractivity contribution in [3.05, 3.63) is 95.3 Å². The number of nitrogens with one attached hydrogen (secondary N) is 1. The van der Waals surface area contributed by atoms with Crippen LogP contribution in [0.2, 0.25) is 0 Å². The van der Waals surface area contributed by atoms with Gasteiger partial charge in [-0.15, -0.1) is 0 Å². The number of carbonyl (C=O) groups excluding carboxylic acids is 2. The van der Waals surface area contributed by atoms with E-state index in [1.807, 2.05) is 6.07 Å². The molecule has 0 saturated heterocycles. The summed E-state index contributed by atoms with van der Waals surface area (Å²) < 4.78 is 40.5. The van der Waals surface area contributed by atoms with Crippen molar-refractivity contribution >= 4 is 17.5 Å². The number of benzene rings is 2. The summed E-state index contributed by atoms with van der Waals surface area (Å²) in [5, 5.41) is 11.8. The van der Waals surface area contributed by atoms with E-state index in [4.69, 9.17) is 5.26 Å². The van der Waals surface area contributed by atoms with Crippen LogP contribution in [0.5, 0.6) is 0 Å². The summed E-state index contributed by atoms with van der Waals surface area (Å²) >= 11 is 0. The largest absolute Gasteiger partial charge is 0.406 e. The van der Waals surface area contributed by atoms with E-state index in [2.05, 4.69) is 10.3 Å². The van der Waals surface area contributed by atoms with Crippen LogP contribution in [0.25, 0.3) is 0 Å². The summed E-state index contributed by atoms with van der Waals surface area (Å²) in [6.07, 6.45) is -1.87. The van der Waals surface area contributed by atoms with E-state index in [0.717, 1.165) is 0 Å². The minimum atomic E-state index is -4.68. The number of alkyl halides is 3. The second-order valence-corrected chi connectivity index (χ2v) is 7.53. The minimum Gasteiger partial charge on any atom is -0.325 e. The molecule has 1 aromatic heterocycles. The van der Waals surface area contributed by atoms with Gasteiger partial charge in [-0.2, -0.15) is 18.4 Å². The molecule has 4 rings (SSSR count). The van der Waals surface area contributed by atoms with Crippen LogP contribution in [0.3, 0.4) is 0 Å². The van der Waals surface area contributed by atoms with Crippen molar-refractivity contribution in [2.75, 3.05) is 11.9 Å². The van der Waals surface area contributed by atoms with Crippen molar-refractivity contribution in [3.8, 4) is 6.07 Å². The van der Waals surface area contributed by atoms with Gasteiger partial charge in [-0.3, -0.25) is 14.6 Å². The Balaban J connectivity index is 1.84. The molecule has 9 heteroatoms. The van der Waals surface area contributed by atoms with Gasteiger partial charge in [-0.25, -0.2) is 0 Å². The topological polar surface area (TPSA) is 86.1 Å². The molecule has 0 spiro atoms. The zero-order valence-electron chi connectivity index (χ0n) is 17.1. The maximum Gasteiger partial charge on any atom is 0.406 e. The van der Waals surface area contributed by atoms with Crippen molar-refractivity contribution < 1.29 is 22.8 Å². The first-order valence-corrected chi connectivity index (χ1v) is 9.96. The van der Waals surface area contributed by atoms with Gasteiger partial charge in [0, 0.05) is 23.6 Å². The molecule has 2 heterocycles. The second kappa shape index (κ2) is 8.74. The van der Waals surface area contributed by atoms with E-state index in [9.17, 15) is 22.8 Å². The SMILES string of the molecule is N#Cc1cccc(NC(=O)[C@H]2c3ccccc3C(=O)N(CC(F)(F)F)[C@@H]2c2cccnc2)c1. The maximum atomic E-state index is 13.5. The number of halogens is 3. The molecule has 1 aliphatic rings. The number of anilines is 1. The summed E-state index contributed by atoms with van der Waals surface area (Å²) in [5.74, 6) is -2.56. The molecule has 2 atom stereocenters. The summed E-state index contributed by atoms with van der Waals surface area (Å²) in [5.41, 5.74) is 1.29. The van der Waals surface area contributed by atoms with Crippen LogP contribution < -0.4 is 5.32 Å². The highest BCUT2D eigenvalue weighted by molar-refractivity contribution is 6.04. The Kier molecular flexibility index (Phi) is 5.84. The Labute approximate surface area is 187 Å². The molecule has 33 heavy (non-hydrogen) atoms. The minimum absolute atomic E-state index is 0.0350.